The minimum atomic E-state index is 0. The Morgan fingerprint density at radius 2 is 2.12 bits per heavy atom. The number of hydrogen-bond acceptors (Lipinski definition) is 3. The Hall–Kier alpha value is -0.830. The molecule has 1 aromatic rings. The van der Waals surface area contributed by atoms with Gasteiger partial charge in [-0.25, -0.2) is 0 Å². The molecule has 0 aromatic carbocycles. The number of nitrogens with zero attached hydrogens (tertiary/aromatic N) is 3. The molecule has 0 radical (unpaired) electrons. The quantitative estimate of drug-likeness (QED) is 0.391. The number of aliphatic imine (C=N–C) groups is 1. The number of nitrogens with one attached hydrogen (secondary N) is 2. The molecule has 2 aliphatic rings. The third-order valence-electron chi connectivity index (χ3n) is 5.38. The van der Waals surface area contributed by atoms with Crippen LogP contribution in [0.25, 0.3) is 0 Å². The van der Waals surface area contributed by atoms with E-state index in [0.717, 1.165) is 50.9 Å². The number of ether oxygens (including phenoxy) is 1. The lowest BCUT2D eigenvalue weighted by Crippen LogP contribution is -2.46. The second kappa shape index (κ2) is 10.5. The maximum absolute atomic E-state index is 5.43. The predicted octanol–water partition coefficient (Wildman–Crippen LogP) is 2.92. The van der Waals surface area contributed by atoms with E-state index in [1.54, 1.807) is 0 Å². The topological polar surface area (TPSA) is 63.5 Å². The van der Waals surface area contributed by atoms with Gasteiger partial charge in [0.15, 0.2) is 5.96 Å². The normalized spacial score (nSPS) is 21.2. The summed E-state index contributed by atoms with van der Waals surface area (Å²) < 4.78 is 7.52. The van der Waals surface area contributed by atoms with Gasteiger partial charge >= 0.3 is 0 Å². The van der Waals surface area contributed by atoms with Crippen LogP contribution in [0.4, 0.5) is 0 Å². The van der Waals surface area contributed by atoms with E-state index in [9.17, 15) is 0 Å². The smallest absolute Gasteiger partial charge is 0.191 e. The largest absolute Gasteiger partial charge is 0.381 e. The van der Waals surface area contributed by atoms with Crippen molar-refractivity contribution in [2.45, 2.75) is 64.5 Å². The highest BCUT2D eigenvalue weighted by Crippen LogP contribution is 2.22. The molecule has 1 fully saturated rings. The van der Waals surface area contributed by atoms with Crippen LogP contribution in [-0.4, -0.2) is 48.6 Å². The lowest BCUT2D eigenvalue weighted by molar-refractivity contribution is 0.0643. The Morgan fingerprint density at radius 1 is 1.35 bits per heavy atom. The minimum absolute atomic E-state index is 0. The van der Waals surface area contributed by atoms with Crippen LogP contribution >= 0.6 is 24.0 Å². The molecular weight excluding hydrogens is 441 g/mol. The maximum Gasteiger partial charge on any atom is 0.191 e. The molecule has 1 unspecified atom stereocenters. The van der Waals surface area contributed by atoms with Crippen molar-refractivity contribution in [2.75, 3.05) is 26.8 Å². The fourth-order valence-corrected chi connectivity index (χ4v) is 3.72. The number of aromatic nitrogens is 2. The maximum atomic E-state index is 5.43. The Labute approximate surface area is 174 Å². The number of hydrogen-bond donors (Lipinski definition) is 2. The van der Waals surface area contributed by atoms with Crippen molar-refractivity contribution in [1.29, 1.82) is 0 Å². The van der Waals surface area contributed by atoms with Gasteiger partial charge in [-0.1, -0.05) is 0 Å². The fraction of sp³-hybridized carbons (Fsp3) is 0.789. The predicted molar refractivity (Wildman–Crippen MR) is 116 cm³/mol. The van der Waals surface area contributed by atoms with Gasteiger partial charge in [0.2, 0.25) is 0 Å². The molecule has 2 N–H and O–H groups in total. The number of halogens is 1. The molecule has 6 nitrogen and oxygen atoms in total. The van der Waals surface area contributed by atoms with Crippen LogP contribution in [0.15, 0.2) is 11.2 Å². The number of aryl methyl sites for hydroxylation is 1. The molecule has 2 heterocycles. The minimum Gasteiger partial charge on any atom is -0.381 e. The molecule has 0 amide bonds. The van der Waals surface area contributed by atoms with Gasteiger partial charge in [0.1, 0.15) is 0 Å². The Kier molecular flexibility index (Phi) is 8.66. The molecule has 1 atom stereocenters. The van der Waals surface area contributed by atoms with Crippen molar-refractivity contribution in [3.05, 3.63) is 17.5 Å². The fourth-order valence-electron chi connectivity index (χ4n) is 3.72. The van der Waals surface area contributed by atoms with Crippen LogP contribution in [0, 0.1) is 5.92 Å². The first-order valence-corrected chi connectivity index (χ1v) is 9.77. The lowest BCUT2D eigenvalue weighted by atomic mass is 9.94. The molecule has 1 aliphatic heterocycles. The van der Waals surface area contributed by atoms with Gasteiger partial charge in [-0.3, -0.25) is 9.67 Å². The Morgan fingerprint density at radius 3 is 2.81 bits per heavy atom. The van der Waals surface area contributed by atoms with Crippen LogP contribution in [0.2, 0.25) is 0 Å². The summed E-state index contributed by atoms with van der Waals surface area (Å²) in [4.78, 5) is 4.40. The molecule has 3 rings (SSSR count). The highest BCUT2D eigenvalue weighted by Gasteiger charge is 2.23. The van der Waals surface area contributed by atoms with Crippen molar-refractivity contribution < 1.29 is 4.74 Å². The first-order valence-electron chi connectivity index (χ1n) is 9.77. The van der Waals surface area contributed by atoms with Gasteiger partial charge < -0.3 is 15.4 Å². The van der Waals surface area contributed by atoms with E-state index < -0.39 is 0 Å². The zero-order valence-electron chi connectivity index (χ0n) is 16.3. The average molecular weight is 475 g/mol. The molecule has 0 spiro atoms. The third-order valence-corrected chi connectivity index (χ3v) is 5.38. The summed E-state index contributed by atoms with van der Waals surface area (Å²) in [5.41, 5.74) is 2.66. The highest BCUT2D eigenvalue weighted by molar-refractivity contribution is 14.0. The lowest BCUT2D eigenvalue weighted by Gasteiger charge is -2.25. The van der Waals surface area contributed by atoms with E-state index >= 15 is 0 Å². The third kappa shape index (κ3) is 5.84. The first-order chi connectivity index (χ1) is 12.2. The van der Waals surface area contributed by atoms with E-state index in [0.29, 0.717) is 12.1 Å². The van der Waals surface area contributed by atoms with E-state index in [1.165, 1.54) is 30.5 Å². The summed E-state index contributed by atoms with van der Waals surface area (Å²) in [7, 11) is 1.85. The Balaban J connectivity index is 0.00000243. The van der Waals surface area contributed by atoms with Gasteiger partial charge in [0.05, 0.1) is 5.69 Å². The summed E-state index contributed by atoms with van der Waals surface area (Å²) in [5, 5.41) is 11.8. The van der Waals surface area contributed by atoms with Crippen molar-refractivity contribution in [3.63, 3.8) is 0 Å². The van der Waals surface area contributed by atoms with Crippen molar-refractivity contribution in [3.8, 4) is 0 Å². The van der Waals surface area contributed by atoms with Crippen LogP contribution in [-0.2, 0) is 17.6 Å². The zero-order valence-corrected chi connectivity index (χ0v) is 18.7. The molecule has 1 saturated heterocycles. The van der Waals surface area contributed by atoms with Crippen LogP contribution in [0.3, 0.4) is 0 Å². The van der Waals surface area contributed by atoms with Crippen molar-refractivity contribution in [1.82, 2.24) is 20.4 Å². The second-order valence-corrected chi connectivity index (χ2v) is 7.60. The molecule has 1 aliphatic carbocycles. The van der Waals surface area contributed by atoms with Gasteiger partial charge in [0.25, 0.3) is 0 Å². The summed E-state index contributed by atoms with van der Waals surface area (Å²) in [6.45, 7) is 7.18. The SMILES string of the molecule is CN=C(NCCC1CCOCC1)NC1CCc2cn(C(C)C)nc2C1.I. The van der Waals surface area contributed by atoms with E-state index in [1.807, 2.05) is 7.05 Å². The number of fused-ring (bicyclic) bond motifs is 1. The number of rotatable bonds is 5. The summed E-state index contributed by atoms with van der Waals surface area (Å²) in [6, 6.07) is 0.842. The summed E-state index contributed by atoms with van der Waals surface area (Å²) in [5.74, 6) is 1.71. The molecule has 7 heteroatoms. The van der Waals surface area contributed by atoms with Crippen LogP contribution in [0.5, 0.6) is 0 Å². The molecule has 148 valence electrons. The zero-order chi connectivity index (χ0) is 17.6. The van der Waals surface area contributed by atoms with E-state index in [2.05, 4.69) is 40.4 Å². The van der Waals surface area contributed by atoms with Crippen molar-refractivity contribution in [2.24, 2.45) is 10.9 Å². The molecule has 0 bridgehead atoms. The van der Waals surface area contributed by atoms with Gasteiger partial charge in [-0.05, 0) is 57.4 Å². The van der Waals surface area contributed by atoms with E-state index in [-0.39, 0.29) is 24.0 Å². The monoisotopic (exact) mass is 475 g/mol. The van der Waals surface area contributed by atoms with Crippen LogP contribution < -0.4 is 10.6 Å². The van der Waals surface area contributed by atoms with Gasteiger partial charge in [-0.2, -0.15) is 5.10 Å². The second-order valence-electron chi connectivity index (χ2n) is 7.60. The standard InChI is InChI=1S/C19H33N5O.HI/c1-14(2)24-13-16-4-5-17(12-18(16)23-24)22-19(20-3)21-9-6-15-7-10-25-11-8-15;/h13-15,17H,4-12H2,1-3H3,(H2,20,21,22);1H. The molecule has 0 saturated carbocycles. The average Bonchev–Trinajstić information content (AvgIpc) is 3.05. The summed E-state index contributed by atoms with van der Waals surface area (Å²) >= 11 is 0. The number of guanidine groups is 1. The molecule has 1 aromatic heterocycles. The Bertz CT molecular complexity index is 580. The van der Waals surface area contributed by atoms with Crippen LogP contribution in [0.1, 0.15) is 56.8 Å². The molecule has 26 heavy (non-hydrogen) atoms. The first kappa shape index (κ1) is 21.5. The van der Waals surface area contributed by atoms with E-state index in [4.69, 9.17) is 9.84 Å². The van der Waals surface area contributed by atoms with Gasteiger partial charge in [0, 0.05) is 51.5 Å². The van der Waals surface area contributed by atoms with Gasteiger partial charge in [-0.15, -0.1) is 24.0 Å². The summed E-state index contributed by atoms with van der Waals surface area (Å²) in [6.07, 6.45) is 9.01. The van der Waals surface area contributed by atoms with Crippen molar-refractivity contribution >= 4 is 29.9 Å². The highest BCUT2D eigenvalue weighted by atomic mass is 127. The molecular formula is C19H34IN5O.